The average molecular weight is 239 g/mol. The van der Waals surface area contributed by atoms with Gasteiger partial charge in [0.05, 0.1) is 11.5 Å². The predicted octanol–water partition coefficient (Wildman–Crippen LogP) is 2.71. The Morgan fingerprint density at radius 3 is 2.71 bits per heavy atom. The van der Waals surface area contributed by atoms with Crippen LogP contribution in [0.5, 0.6) is 5.75 Å². The van der Waals surface area contributed by atoms with Gasteiger partial charge in [-0.25, -0.2) is 0 Å². The van der Waals surface area contributed by atoms with Crippen LogP contribution in [0.15, 0.2) is 18.2 Å². The highest BCUT2D eigenvalue weighted by Crippen LogP contribution is 2.30. The highest BCUT2D eigenvalue weighted by Gasteiger charge is 2.25. The monoisotopic (exact) mass is 239 g/mol. The number of nitrogens with zero attached hydrogens (tertiary/aromatic N) is 1. The predicted molar refractivity (Wildman–Crippen MR) is 64.4 cm³/mol. The lowest BCUT2D eigenvalue weighted by Crippen LogP contribution is -2.06. The van der Waals surface area contributed by atoms with Gasteiger partial charge in [0, 0.05) is 5.56 Å². The second kappa shape index (κ2) is 6.20. The summed E-state index contributed by atoms with van der Waals surface area (Å²) >= 11 is 0. The summed E-state index contributed by atoms with van der Waals surface area (Å²) in [5, 5.41) is 10.8. The zero-order valence-corrected chi connectivity index (χ0v) is 10.3. The third-order valence-electron chi connectivity index (χ3n) is 2.21. The summed E-state index contributed by atoms with van der Waals surface area (Å²) in [5.41, 5.74) is 0.646. The molecule has 1 aliphatic heterocycles. The molecule has 94 valence electrons. The minimum atomic E-state index is -0.418. The van der Waals surface area contributed by atoms with Crippen LogP contribution in [0.4, 0.5) is 5.69 Å². The molecule has 0 radical (unpaired) electrons. The minimum absolute atomic E-state index is 0.0400. The molecular formula is C12H17NO4. The lowest BCUT2D eigenvalue weighted by atomic mass is 10.2. The van der Waals surface area contributed by atoms with E-state index in [9.17, 15) is 10.1 Å². The first-order valence-electron chi connectivity index (χ1n) is 5.67. The summed E-state index contributed by atoms with van der Waals surface area (Å²) < 4.78 is 10.3. The van der Waals surface area contributed by atoms with E-state index >= 15 is 0 Å². The quantitative estimate of drug-likeness (QED) is 0.460. The number of para-hydroxylation sites is 1. The van der Waals surface area contributed by atoms with Crippen molar-refractivity contribution in [2.24, 2.45) is 0 Å². The topological polar surface area (TPSA) is 64.9 Å². The van der Waals surface area contributed by atoms with E-state index in [1.54, 1.807) is 25.1 Å². The highest BCUT2D eigenvalue weighted by atomic mass is 16.6. The molecule has 0 N–H and O–H groups in total. The van der Waals surface area contributed by atoms with Crippen molar-refractivity contribution in [3.63, 3.8) is 0 Å². The number of rotatable bonds is 4. The zero-order valence-electron chi connectivity index (χ0n) is 10.3. The summed E-state index contributed by atoms with van der Waals surface area (Å²) in [6.45, 7) is 6.75. The molecule has 5 nitrogen and oxygen atoms in total. The normalized spacial score (nSPS) is 16.8. The van der Waals surface area contributed by atoms with Crippen LogP contribution in [0.25, 0.3) is 0 Å². The van der Waals surface area contributed by atoms with E-state index in [0.29, 0.717) is 24.5 Å². The molecule has 0 aromatic heterocycles. The number of ether oxygens (including phenoxy) is 2. The molecular weight excluding hydrogens is 222 g/mol. The summed E-state index contributed by atoms with van der Waals surface area (Å²) in [4.78, 5) is 10.4. The van der Waals surface area contributed by atoms with Crippen molar-refractivity contribution in [1.82, 2.24) is 0 Å². The molecule has 1 atom stereocenters. The summed E-state index contributed by atoms with van der Waals surface area (Å²) in [6, 6.07) is 5.04. The number of hydrogen-bond acceptors (Lipinski definition) is 4. The van der Waals surface area contributed by atoms with Gasteiger partial charge in [0.15, 0.2) is 5.75 Å². The van der Waals surface area contributed by atoms with E-state index in [1.807, 2.05) is 13.8 Å². The number of nitro groups is 1. The van der Waals surface area contributed by atoms with Crippen LogP contribution in [0.3, 0.4) is 0 Å². The molecule has 1 heterocycles. The van der Waals surface area contributed by atoms with Crippen LogP contribution >= 0.6 is 0 Å². The molecule has 1 unspecified atom stereocenters. The highest BCUT2D eigenvalue weighted by molar-refractivity contribution is 5.52. The van der Waals surface area contributed by atoms with Gasteiger partial charge in [0.2, 0.25) is 0 Å². The molecule has 5 heteroatoms. The summed E-state index contributed by atoms with van der Waals surface area (Å²) in [7, 11) is 0. The van der Waals surface area contributed by atoms with Crippen molar-refractivity contribution in [1.29, 1.82) is 0 Å². The van der Waals surface area contributed by atoms with Crippen molar-refractivity contribution in [2.75, 3.05) is 13.2 Å². The zero-order chi connectivity index (χ0) is 12.8. The molecule has 2 rings (SSSR count). The van der Waals surface area contributed by atoms with Crippen molar-refractivity contribution < 1.29 is 14.4 Å². The Hall–Kier alpha value is -1.62. The van der Waals surface area contributed by atoms with Crippen molar-refractivity contribution >= 4 is 5.69 Å². The number of nitro benzene ring substituents is 1. The standard InChI is InChI=1S/C10H11NO4.C2H6/c1-7-3-2-4-9(10(7)11(12)13)15-6-8-5-14-8;1-2/h2-4,8H,5-6H2,1H3;1-2H3. The first-order valence-corrected chi connectivity index (χ1v) is 5.67. The number of epoxide rings is 1. The van der Waals surface area contributed by atoms with E-state index in [1.165, 1.54) is 0 Å². The first-order chi connectivity index (χ1) is 8.18. The maximum absolute atomic E-state index is 10.8. The Morgan fingerprint density at radius 2 is 2.18 bits per heavy atom. The third kappa shape index (κ3) is 3.71. The molecule has 0 aliphatic carbocycles. The van der Waals surface area contributed by atoms with Gasteiger partial charge in [-0.3, -0.25) is 10.1 Å². The SMILES string of the molecule is CC.Cc1cccc(OCC2CO2)c1[N+](=O)[O-]. The second-order valence-electron chi connectivity index (χ2n) is 3.45. The maximum Gasteiger partial charge on any atom is 0.313 e. The summed E-state index contributed by atoms with van der Waals surface area (Å²) in [5.74, 6) is 0.315. The van der Waals surface area contributed by atoms with Crippen LogP contribution in [0.2, 0.25) is 0 Å². The van der Waals surface area contributed by atoms with Crippen LogP contribution in [-0.2, 0) is 4.74 Å². The first kappa shape index (κ1) is 13.4. The van der Waals surface area contributed by atoms with E-state index in [-0.39, 0.29) is 11.8 Å². The average Bonchev–Trinajstić information content (AvgIpc) is 3.12. The van der Waals surface area contributed by atoms with Crippen molar-refractivity contribution in [3.05, 3.63) is 33.9 Å². The Labute approximate surface area is 101 Å². The molecule has 1 aliphatic rings. The number of benzene rings is 1. The van der Waals surface area contributed by atoms with E-state index < -0.39 is 4.92 Å². The van der Waals surface area contributed by atoms with Gasteiger partial charge >= 0.3 is 5.69 Å². The van der Waals surface area contributed by atoms with Gasteiger partial charge in [-0.1, -0.05) is 26.0 Å². The van der Waals surface area contributed by atoms with Crippen LogP contribution in [0, 0.1) is 17.0 Å². The molecule has 1 saturated heterocycles. The largest absolute Gasteiger partial charge is 0.484 e. The Bertz CT molecular complexity index is 388. The van der Waals surface area contributed by atoms with Gasteiger partial charge < -0.3 is 9.47 Å². The van der Waals surface area contributed by atoms with Crippen molar-refractivity contribution in [2.45, 2.75) is 26.9 Å². The van der Waals surface area contributed by atoms with Crippen LogP contribution < -0.4 is 4.74 Å². The molecule has 0 bridgehead atoms. The van der Waals surface area contributed by atoms with Crippen LogP contribution in [0.1, 0.15) is 19.4 Å². The Morgan fingerprint density at radius 1 is 1.53 bits per heavy atom. The fourth-order valence-electron chi connectivity index (χ4n) is 1.33. The third-order valence-corrected chi connectivity index (χ3v) is 2.21. The fourth-order valence-corrected chi connectivity index (χ4v) is 1.33. The van der Waals surface area contributed by atoms with E-state index in [4.69, 9.17) is 9.47 Å². The minimum Gasteiger partial charge on any atom is -0.484 e. The smallest absolute Gasteiger partial charge is 0.313 e. The van der Waals surface area contributed by atoms with Crippen LogP contribution in [-0.4, -0.2) is 24.2 Å². The van der Waals surface area contributed by atoms with Crippen molar-refractivity contribution in [3.8, 4) is 5.75 Å². The Balaban J connectivity index is 0.000000686. The van der Waals surface area contributed by atoms with Gasteiger partial charge in [0.1, 0.15) is 12.7 Å². The second-order valence-corrected chi connectivity index (χ2v) is 3.45. The molecule has 1 aromatic rings. The molecule has 0 saturated carbocycles. The molecule has 1 aromatic carbocycles. The number of hydrogen-bond donors (Lipinski definition) is 0. The molecule has 0 spiro atoms. The molecule has 0 amide bonds. The molecule has 1 fully saturated rings. The van der Waals surface area contributed by atoms with Gasteiger partial charge in [-0.05, 0) is 13.0 Å². The van der Waals surface area contributed by atoms with E-state index in [2.05, 4.69) is 0 Å². The maximum atomic E-state index is 10.8. The van der Waals surface area contributed by atoms with Gasteiger partial charge in [-0.15, -0.1) is 0 Å². The molecule has 17 heavy (non-hydrogen) atoms. The fraction of sp³-hybridized carbons (Fsp3) is 0.500. The lowest BCUT2D eigenvalue weighted by molar-refractivity contribution is -0.386. The number of aryl methyl sites for hydroxylation is 1. The van der Waals surface area contributed by atoms with E-state index in [0.717, 1.165) is 0 Å². The summed E-state index contributed by atoms with van der Waals surface area (Å²) in [6.07, 6.45) is 0.102. The Kier molecular flexibility index (Phi) is 4.90. The van der Waals surface area contributed by atoms with Gasteiger partial charge in [0.25, 0.3) is 0 Å². The lowest BCUT2D eigenvalue weighted by Gasteiger charge is -2.06. The van der Waals surface area contributed by atoms with Gasteiger partial charge in [-0.2, -0.15) is 0 Å².